The van der Waals surface area contributed by atoms with Gasteiger partial charge in [-0.3, -0.25) is 9.59 Å². The number of aromatic amines is 2. The zero-order valence-electron chi connectivity index (χ0n) is 57.5. The van der Waals surface area contributed by atoms with Gasteiger partial charge >= 0.3 is 12.2 Å². The summed E-state index contributed by atoms with van der Waals surface area (Å²) in [6, 6.07) is 14.5. The number of nitrogens with zero attached hydrogens (tertiary/aromatic N) is 4. The minimum Gasteiger partial charge on any atom is -0.453 e. The summed E-state index contributed by atoms with van der Waals surface area (Å²) in [6.07, 6.45) is 5.81. The Morgan fingerprint density at radius 3 is 1.45 bits per heavy atom. The predicted octanol–water partition coefficient (Wildman–Crippen LogP) is 11.1. The second-order valence-electron chi connectivity index (χ2n) is 20.6. The van der Waals surface area contributed by atoms with E-state index in [9.17, 15) is 12.3 Å². The van der Waals surface area contributed by atoms with Crippen molar-refractivity contribution in [2.75, 3.05) is 14.2 Å². The summed E-state index contributed by atoms with van der Waals surface area (Å²) in [6.45, 7) is -15.0. The Kier molecular flexibility index (Phi) is 9.44. The molecule has 2 aliphatic heterocycles. The summed E-state index contributed by atoms with van der Waals surface area (Å²) in [7, 11) is 1.84. The number of imidazole rings is 2. The number of rotatable bonds is 10. The molecule has 14 heteroatoms. The summed E-state index contributed by atoms with van der Waals surface area (Å²) in [5.74, 6) is -10.00. The number of amides is 4. The Hall–Kier alpha value is -6.70. The lowest BCUT2D eigenvalue weighted by Gasteiger charge is -2.36. The molecule has 6 aliphatic carbocycles. The molecule has 14 nitrogen and oxygen atoms in total. The van der Waals surface area contributed by atoms with Crippen LogP contribution in [0.3, 0.4) is 0 Å². The molecule has 0 spiro atoms. The number of hydrogen-bond donors (Lipinski definition) is 4. The average molecular weight is 1020 g/mol. The van der Waals surface area contributed by atoms with Crippen LogP contribution in [0.5, 0.6) is 0 Å². The van der Waals surface area contributed by atoms with Gasteiger partial charge in [-0.1, -0.05) is 102 Å². The number of hydrogen-bond acceptors (Lipinski definition) is 8. The van der Waals surface area contributed by atoms with E-state index in [1.165, 1.54) is 9.80 Å². The molecular weight excluding hydrogens is 929 g/mol. The summed E-state index contributed by atoms with van der Waals surface area (Å²) < 4.78 is 145. The van der Waals surface area contributed by atoms with Gasteiger partial charge in [0.2, 0.25) is 11.8 Å². The highest BCUT2D eigenvalue weighted by molar-refractivity contribution is 5.89. The molecule has 4 heterocycles. The molecule has 4 fully saturated rings. The number of aryl methyl sites for hydroxylation is 4. The monoisotopic (exact) mass is 1020 g/mol. The van der Waals surface area contributed by atoms with Crippen molar-refractivity contribution in [1.82, 2.24) is 40.4 Å². The summed E-state index contributed by atoms with van der Waals surface area (Å²) in [5, 5.41) is 3.81. The highest BCUT2D eigenvalue weighted by Crippen LogP contribution is 2.48. The first kappa shape index (κ1) is 34.0. The smallest absolute Gasteiger partial charge is 0.407 e. The summed E-state index contributed by atoms with van der Waals surface area (Å²) in [5.41, 5.74) is 10.4. The van der Waals surface area contributed by atoms with E-state index >= 15 is 9.59 Å². The lowest BCUT2D eigenvalue weighted by Crippen LogP contribution is -2.53. The number of alkyl carbamates (subject to hydrolysis) is 2. The van der Waals surface area contributed by atoms with E-state index < -0.39 is 99.4 Å². The topological polar surface area (TPSA) is 175 Å². The standard InChI is InChI=1S/C60H72N8O6/c1-33(2)53(65-59(71)73-5)57(69)67-49-13-9-7-11-41(49)31-51(67)55-61-45-25-23-39(29-47(45)63-55)43-27-35-15-19-37(43)21-17-36-16-20-38(22-18-35)44(28-36)40-24-26-46-48(30-40)64-56(62-46)52-32-42-12-8-10-14-50(42)68(52)58(70)54(34(3)4)66-60(72)74-6/h15-16,19-20,23-30,33-34,41-42,49-54H,7-14,17-18,21-22,31-32H2,1-6H3,(H,61,63)(H,62,64)(H,65,71)(H,66,72)/i1D3,2D3,3D3,4D3,33D,34D,53D,54D. The minimum atomic E-state index is -3.83. The molecule has 4 aromatic carbocycles. The number of aromatic nitrogens is 4. The Morgan fingerprint density at radius 2 is 1.03 bits per heavy atom. The molecule has 2 aromatic heterocycles. The first-order valence-electron chi connectivity index (χ1n) is 33.8. The van der Waals surface area contributed by atoms with Crippen molar-refractivity contribution < 1.29 is 50.6 Å². The van der Waals surface area contributed by atoms with E-state index in [2.05, 4.69) is 55.8 Å². The molecule has 0 radical (unpaired) electrons. The Morgan fingerprint density at radius 1 is 0.595 bits per heavy atom. The Balaban J connectivity index is 0.880. The second kappa shape index (κ2) is 20.5. The number of benzene rings is 4. The van der Waals surface area contributed by atoms with Crippen molar-refractivity contribution >= 4 is 46.1 Å². The molecule has 4 amide bonds. The lowest BCUT2D eigenvalue weighted by atomic mass is 9.84. The van der Waals surface area contributed by atoms with E-state index in [1.807, 2.05) is 47.0 Å². The van der Waals surface area contributed by atoms with Crippen LogP contribution in [0.2, 0.25) is 0 Å². The van der Waals surface area contributed by atoms with Crippen LogP contribution in [-0.2, 0) is 44.7 Å². The van der Waals surface area contributed by atoms with Gasteiger partial charge < -0.3 is 39.9 Å². The largest absolute Gasteiger partial charge is 0.453 e. The molecule has 8 atom stereocenters. The number of likely N-dealkylation sites (tertiary alicyclic amines) is 2. The zero-order chi connectivity index (χ0) is 65.1. The van der Waals surface area contributed by atoms with Crippen LogP contribution in [0.25, 0.3) is 44.3 Å². The van der Waals surface area contributed by atoms with Crippen LogP contribution in [0.4, 0.5) is 9.59 Å². The molecule has 8 aliphatic rings. The van der Waals surface area contributed by atoms with Gasteiger partial charge in [0, 0.05) is 31.3 Å². The third-order valence-corrected chi connectivity index (χ3v) is 16.4. The van der Waals surface area contributed by atoms with Gasteiger partial charge in [-0.05, 0) is 157 Å². The van der Waals surface area contributed by atoms with Crippen LogP contribution < -0.4 is 10.6 Å². The fourth-order valence-electron chi connectivity index (χ4n) is 12.8. The highest BCUT2D eigenvalue weighted by Gasteiger charge is 2.50. The van der Waals surface area contributed by atoms with E-state index in [1.54, 1.807) is 0 Å². The molecule has 74 heavy (non-hydrogen) atoms. The van der Waals surface area contributed by atoms with Gasteiger partial charge in [0.25, 0.3) is 0 Å². The van der Waals surface area contributed by atoms with Crippen molar-refractivity contribution in [3.8, 4) is 22.3 Å². The number of ether oxygens (including phenoxy) is 2. The van der Waals surface area contributed by atoms with Crippen molar-refractivity contribution in [3.63, 3.8) is 0 Å². The normalized spacial score (nSPS) is 28.4. The van der Waals surface area contributed by atoms with Crippen molar-refractivity contribution in [1.29, 1.82) is 0 Å². The quantitative estimate of drug-likeness (QED) is 0.105. The molecule has 8 unspecified atom stereocenters. The number of methoxy groups -OCH3 is 2. The van der Waals surface area contributed by atoms with Gasteiger partial charge in [0.15, 0.2) is 0 Å². The van der Waals surface area contributed by atoms with Crippen LogP contribution in [0.1, 0.15) is 160 Å². The molecule has 6 aromatic rings. The average Bonchev–Trinajstić information content (AvgIpc) is 1.02. The van der Waals surface area contributed by atoms with E-state index in [0.717, 1.165) is 71.6 Å². The van der Waals surface area contributed by atoms with Crippen LogP contribution in [0.15, 0.2) is 72.8 Å². The van der Waals surface area contributed by atoms with Crippen LogP contribution in [-0.4, -0.2) is 92.1 Å². The minimum absolute atomic E-state index is 0.129. The lowest BCUT2D eigenvalue weighted by molar-refractivity contribution is -0.139. The third-order valence-electron chi connectivity index (χ3n) is 16.4. The molecule has 4 bridgehead atoms. The molecule has 2 saturated carbocycles. The van der Waals surface area contributed by atoms with Gasteiger partial charge in [0.1, 0.15) is 23.7 Å². The van der Waals surface area contributed by atoms with Gasteiger partial charge in [0.05, 0.1) is 51.1 Å². The number of carbonyl (C=O) groups excluding carboxylic acids is 4. The maximum absolute atomic E-state index is 15.1. The SMILES string of the molecule is [2H]C([2H])([2H])C([2H])(C([2H])([2H])[2H])C([2H])(NC(=O)OC)C(=O)N1C(c2nc3ccc(-c4cc5ccc4CCc4ccc(c(-c6ccc7nc(C8CC9CCCCC9N8C(=O)C([2H])(NC(=O)OC)C([2H])(C([2H])([2H])[2H])C([2H])([2H])[2H])[nH]c7c6)c4)CC5)cc3[nH]2)CC2CCCCC21. The van der Waals surface area contributed by atoms with E-state index in [4.69, 9.17) is 29.2 Å². The van der Waals surface area contributed by atoms with Crippen molar-refractivity contribution in [3.05, 3.63) is 107 Å². The number of fused-ring (bicyclic) bond motifs is 4. The predicted molar refractivity (Wildman–Crippen MR) is 286 cm³/mol. The van der Waals surface area contributed by atoms with Crippen molar-refractivity contribution in [2.45, 2.75) is 154 Å². The molecule has 4 N–H and O–H groups in total. The highest BCUT2D eigenvalue weighted by atomic mass is 16.5. The van der Waals surface area contributed by atoms with Gasteiger partial charge in [-0.15, -0.1) is 0 Å². The molecular formula is C60H72N8O6. The third kappa shape index (κ3) is 9.42. The number of nitrogens with one attached hydrogen (secondary N) is 4. The Bertz CT molecular complexity index is 3520. The zero-order valence-corrected chi connectivity index (χ0v) is 41.5. The number of carbonyl (C=O) groups is 4. The van der Waals surface area contributed by atoms with Gasteiger partial charge in [-0.25, -0.2) is 19.6 Å². The fourth-order valence-corrected chi connectivity index (χ4v) is 12.8. The Labute approximate surface area is 456 Å². The van der Waals surface area contributed by atoms with Crippen LogP contribution >= 0.6 is 0 Å². The molecule has 388 valence electrons. The maximum atomic E-state index is 15.1. The van der Waals surface area contributed by atoms with E-state index in [-0.39, 0.29) is 11.8 Å². The van der Waals surface area contributed by atoms with Gasteiger partial charge in [-0.2, -0.15) is 0 Å². The fraction of sp³-hybridized carbons (Fsp3) is 0.500. The molecule has 2 saturated heterocycles. The first-order chi connectivity index (χ1) is 42.2. The first-order valence-corrected chi connectivity index (χ1v) is 25.8. The van der Waals surface area contributed by atoms with Crippen molar-refractivity contribution in [2.24, 2.45) is 23.6 Å². The summed E-state index contributed by atoms with van der Waals surface area (Å²) >= 11 is 0. The second-order valence-corrected chi connectivity index (χ2v) is 20.6. The number of H-pyrrole nitrogens is 2. The summed E-state index contributed by atoms with van der Waals surface area (Å²) in [4.78, 5) is 75.3. The maximum Gasteiger partial charge on any atom is 0.407 e. The van der Waals surface area contributed by atoms with E-state index in [0.29, 0.717) is 111 Å². The molecule has 14 rings (SSSR count). The van der Waals surface area contributed by atoms with Crippen LogP contribution in [0, 0.1) is 23.6 Å².